The average molecular weight is 307 g/mol. The quantitative estimate of drug-likeness (QED) is 0.766. The maximum Gasteiger partial charge on any atom is 0.129 e. The molecule has 2 aromatic rings. The lowest BCUT2D eigenvalue weighted by molar-refractivity contribution is 0.511. The number of hydrogen-bond acceptors (Lipinski definition) is 2. The van der Waals surface area contributed by atoms with Crippen LogP contribution in [0.5, 0.6) is 0 Å². The van der Waals surface area contributed by atoms with Gasteiger partial charge in [0.2, 0.25) is 0 Å². The zero-order valence-corrected chi connectivity index (χ0v) is 12.8. The minimum atomic E-state index is -0.470. The number of nitrogens with one attached hydrogen (secondary N) is 1. The van der Waals surface area contributed by atoms with Gasteiger partial charge < -0.3 is 5.32 Å². The molecule has 0 radical (unpaired) electrons. The van der Waals surface area contributed by atoms with Crippen molar-refractivity contribution in [2.24, 2.45) is 0 Å². The predicted molar refractivity (Wildman–Crippen MR) is 84.7 cm³/mol. The molecular weight excluding hydrogens is 288 g/mol. The molecule has 1 nitrogen and oxygen atoms in total. The minimum absolute atomic E-state index is 0.0339. The fourth-order valence-corrected chi connectivity index (χ4v) is 3.14. The second-order valence-corrected chi connectivity index (χ2v) is 5.88. The Labute approximate surface area is 128 Å². The number of rotatable bonds is 7. The van der Waals surface area contributed by atoms with Crippen LogP contribution in [0.15, 0.2) is 53.4 Å². The highest BCUT2D eigenvalue weighted by Crippen LogP contribution is 2.21. The van der Waals surface area contributed by atoms with Crippen LogP contribution in [-0.2, 0) is 6.42 Å². The zero-order valence-electron chi connectivity index (χ0n) is 12.0. The second-order valence-electron chi connectivity index (χ2n) is 4.78. The monoisotopic (exact) mass is 307 g/mol. The maximum absolute atomic E-state index is 13.7. The molecule has 4 heteroatoms. The van der Waals surface area contributed by atoms with Crippen LogP contribution in [0.25, 0.3) is 0 Å². The molecule has 0 heterocycles. The smallest absolute Gasteiger partial charge is 0.129 e. The van der Waals surface area contributed by atoms with Gasteiger partial charge in [0.15, 0.2) is 0 Å². The lowest BCUT2D eigenvalue weighted by Crippen LogP contribution is -2.33. The van der Waals surface area contributed by atoms with Crippen molar-refractivity contribution in [1.29, 1.82) is 0 Å². The Hall–Kier alpha value is -1.39. The van der Waals surface area contributed by atoms with Gasteiger partial charge in [-0.25, -0.2) is 8.78 Å². The van der Waals surface area contributed by atoms with E-state index in [-0.39, 0.29) is 11.6 Å². The van der Waals surface area contributed by atoms with Gasteiger partial charge in [-0.1, -0.05) is 31.2 Å². The molecule has 0 spiro atoms. The molecule has 0 aliphatic heterocycles. The first-order valence-corrected chi connectivity index (χ1v) is 8.03. The Balaban J connectivity index is 2.02. The molecule has 112 valence electrons. The summed E-state index contributed by atoms with van der Waals surface area (Å²) in [4.78, 5) is 1.16. The first-order valence-electron chi connectivity index (χ1n) is 7.04. The summed E-state index contributed by atoms with van der Waals surface area (Å²) in [6, 6.07) is 14.1. The molecule has 1 N–H and O–H groups in total. The van der Waals surface area contributed by atoms with Crippen LogP contribution >= 0.6 is 11.8 Å². The van der Waals surface area contributed by atoms with Crippen molar-refractivity contribution in [2.45, 2.75) is 24.3 Å². The van der Waals surface area contributed by atoms with Crippen molar-refractivity contribution in [2.75, 3.05) is 12.3 Å². The lowest BCUT2D eigenvalue weighted by atomic mass is 10.1. The Kier molecular flexibility index (Phi) is 6.21. The summed E-state index contributed by atoms with van der Waals surface area (Å²) in [7, 11) is 0. The lowest BCUT2D eigenvalue weighted by Gasteiger charge is -2.18. The molecule has 0 saturated heterocycles. The first-order chi connectivity index (χ1) is 10.2. The van der Waals surface area contributed by atoms with Gasteiger partial charge in [0.1, 0.15) is 11.6 Å². The van der Waals surface area contributed by atoms with Gasteiger partial charge in [-0.15, -0.1) is 11.8 Å². The number of halogens is 2. The fraction of sp³-hybridized carbons (Fsp3) is 0.294. The second kappa shape index (κ2) is 8.15. The highest BCUT2D eigenvalue weighted by atomic mass is 32.2. The predicted octanol–water partition coefficient (Wildman–Crippen LogP) is 4.28. The SMILES string of the molecule is CCNC(CSc1ccccc1)Cc1c(F)cccc1F. The summed E-state index contributed by atoms with van der Waals surface area (Å²) in [5.41, 5.74) is 0.164. The van der Waals surface area contributed by atoms with Crippen LogP contribution in [0.3, 0.4) is 0 Å². The molecule has 0 amide bonds. The van der Waals surface area contributed by atoms with E-state index in [9.17, 15) is 8.78 Å². The van der Waals surface area contributed by atoms with Gasteiger partial charge >= 0.3 is 0 Å². The Bertz CT molecular complexity index is 540. The van der Waals surface area contributed by atoms with Crippen LogP contribution < -0.4 is 5.32 Å². The van der Waals surface area contributed by atoms with E-state index >= 15 is 0 Å². The van der Waals surface area contributed by atoms with E-state index in [2.05, 4.69) is 5.32 Å². The van der Waals surface area contributed by atoms with Gasteiger partial charge in [-0.2, -0.15) is 0 Å². The average Bonchev–Trinajstić information content (AvgIpc) is 2.49. The fourth-order valence-electron chi connectivity index (χ4n) is 2.17. The molecular formula is C17H19F2NS. The maximum atomic E-state index is 13.7. The Morgan fingerprint density at radius 2 is 1.67 bits per heavy atom. The van der Waals surface area contributed by atoms with Crippen molar-refractivity contribution < 1.29 is 8.78 Å². The third-order valence-electron chi connectivity index (χ3n) is 3.20. The number of benzene rings is 2. The minimum Gasteiger partial charge on any atom is -0.313 e. The van der Waals surface area contributed by atoms with Crippen molar-refractivity contribution in [3.05, 3.63) is 65.7 Å². The highest BCUT2D eigenvalue weighted by molar-refractivity contribution is 7.99. The summed E-state index contributed by atoms with van der Waals surface area (Å²) in [6.07, 6.45) is 0.353. The van der Waals surface area contributed by atoms with Crippen LogP contribution in [0, 0.1) is 11.6 Å². The van der Waals surface area contributed by atoms with Gasteiger partial charge in [0.05, 0.1) is 0 Å². The zero-order chi connectivity index (χ0) is 15.1. The summed E-state index contributed by atoms with van der Waals surface area (Å²) in [5.74, 6) is -0.170. The van der Waals surface area contributed by atoms with Gasteiger partial charge in [0, 0.05) is 22.3 Å². The van der Waals surface area contributed by atoms with E-state index in [0.29, 0.717) is 6.42 Å². The third kappa shape index (κ3) is 4.83. The normalized spacial score (nSPS) is 12.3. The van der Waals surface area contributed by atoms with E-state index in [0.717, 1.165) is 17.2 Å². The van der Waals surface area contributed by atoms with Crippen LogP contribution in [-0.4, -0.2) is 18.3 Å². The number of thioether (sulfide) groups is 1. The molecule has 1 atom stereocenters. The van der Waals surface area contributed by atoms with E-state index in [1.54, 1.807) is 11.8 Å². The van der Waals surface area contributed by atoms with Crippen LogP contribution in [0.4, 0.5) is 8.78 Å². The molecule has 2 aromatic carbocycles. The molecule has 2 rings (SSSR count). The summed E-state index contributed by atoms with van der Waals surface area (Å²) < 4.78 is 27.5. The van der Waals surface area contributed by atoms with Crippen molar-refractivity contribution >= 4 is 11.8 Å². The molecule has 0 saturated carbocycles. The highest BCUT2D eigenvalue weighted by Gasteiger charge is 2.15. The molecule has 0 aromatic heterocycles. The van der Waals surface area contributed by atoms with E-state index in [1.807, 2.05) is 37.3 Å². The third-order valence-corrected chi connectivity index (χ3v) is 4.37. The molecule has 0 bridgehead atoms. The van der Waals surface area contributed by atoms with E-state index in [4.69, 9.17) is 0 Å². The van der Waals surface area contributed by atoms with Crippen molar-refractivity contribution in [1.82, 2.24) is 5.32 Å². The van der Waals surface area contributed by atoms with Gasteiger partial charge in [-0.05, 0) is 37.2 Å². The molecule has 21 heavy (non-hydrogen) atoms. The number of hydrogen-bond donors (Lipinski definition) is 1. The molecule has 0 aliphatic rings. The number of likely N-dealkylation sites (N-methyl/N-ethyl adjacent to an activating group) is 1. The van der Waals surface area contributed by atoms with Crippen LogP contribution in [0.1, 0.15) is 12.5 Å². The Morgan fingerprint density at radius 3 is 2.29 bits per heavy atom. The summed E-state index contributed by atoms with van der Waals surface area (Å²) in [5, 5.41) is 3.30. The van der Waals surface area contributed by atoms with Crippen molar-refractivity contribution in [3.8, 4) is 0 Å². The van der Waals surface area contributed by atoms with Gasteiger partial charge in [0.25, 0.3) is 0 Å². The van der Waals surface area contributed by atoms with E-state index < -0.39 is 11.6 Å². The molecule has 1 unspecified atom stereocenters. The molecule has 0 aliphatic carbocycles. The van der Waals surface area contributed by atoms with Gasteiger partial charge in [-0.3, -0.25) is 0 Å². The largest absolute Gasteiger partial charge is 0.313 e. The standard InChI is InChI=1S/C17H19F2NS/c1-2-20-13(12-21-14-7-4-3-5-8-14)11-15-16(18)9-6-10-17(15)19/h3-10,13,20H,2,11-12H2,1H3. The van der Waals surface area contributed by atoms with Crippen molar-refractivity contribution in [3.63, 3.8) is 0 Å². The van der Waals surface area contributed by atoms with E-state index in [1.165, 1.54) is 18.2 Å². The summed E-state index contributed by atoms with van der Waals surface area (Å²) in [6.45, 7) is 2.77. The molecule has 0 fully saturated rings. The first kappa shape index (κ1) is 16.0. The topological polar surface area (TPSA) is 12.0 Å². The Morgan fingerprint density at radius 1 is 1.00 bits per heavy atom. The van der Waals surface area contributed by atoms with Crippen LogP contribution in [0.2, 0.25) is 0 Å². The summed E-state index contributed by atoms with van der Waals surface area (Å²) >= 11 is 1.69.